The number of amides is 1. The molecular formula is C27H28ClN5O. The summed E-state index contributed by atoms with van der Waals surface area (Å²) in [6, 6.07) is 14.1. The maximum absolute atomic E-state index is 13.5. The molecule has 0 saturated carbocycles. The van der Waals surface area contributed by atoms with Crippen LogP contribution in [-0.2, 0) is 0 Å². The van der Waals surface area contributed by atoms with Gasteiger partial charge >= 0.3 is 0 Å². The van der Waals surface area contributed by atoms with E-state index in [9.17, 15) is 4.79 Å². The molecule has 6 nitrogen and oxygen atoms in total. The van der Waals surface area contributed by atoms with E-state index in [0.29, 0.717) is 17.9 Å². The zero-order chi connectivity index (χ0) is 23.5. The van der Waals surface area contributed by atoms with Crippen LogP contribution in [-0.4, -0.2) is 45.0 Å². The number of aryl methyl sites for hydroxylation is 1. The minimum absolute atomic E-state index is 0.0853. The number of hydrogen-bond acceptors (Lipinski definition) is 4. The van der Waals surface area contributed by atoms with Crippen LogP contribution in [0.1, 0.15) is 46.8 Å². The molecule has 1 atom stereocenters. The van der Waals surface area contributed by atoms with Crippen LogP contribution in [0.4, 0.5) is 0 Å². The Hall–Kier alpha value is -3.22. The van der Waals surface area contributed by atoms with Crippen LogP contribution in [0.5, 0.6) is 0 Å². The Morgan fingerprint density at radius 3 is 2.62 bits per heavy atom. The standard InChI is InChI=1S/C27H28ClN5O/c1-19-6-5-7-23-26(19)22(18-33(23)25-17-29-12-13-30-25)27(34)31-16-24(32-14-3-2-4-15-32)20-8-10-21(28)11-9-20/h5-13,17-18,24H,2-4,14-16H2,1H3,(H,31,34). The highest BCUT2D eigenvalue weighted by molar-refractivity contribution is 6.30. The van der Waals surface area contributed by atoms with Crippen LogP contribution in [0, 0.1) is 6.92 Å². The summed E-state index contributed by atoms with van der Waals surface area (Å²) in [6.07, 6.45) is 10.5. The summed E-state index contributed by atoms with van der Waals surface area (Å²) in [7, 11) is 0. The van der Waals surface area contributed by atoms with E-state index >= 15 is 0 Å². The molecule has 1 fully saturated rings. The average molecular weight is 474 g/mol. The van der Waals surface area contributed by atoms with Crippen molar-refractivity contribution in [2.24, 2.45) is 0 Å². The van der Waals surface area contributed by atoms with Crippen molar-refractivity contribution in [2.45, 2.75) is 32.2 Å². The summed E-state index contributed by atoms with van der Waals surface area (Å²) in [6.45, 7) is 4.64. The lowest BCUT2D eigenvalue weighted by Crippen LogP contribution is -2.40. The molecule has 174 valence electrons. The number of nitrogens with one attached hydrogen (secondary N) is 1. The van der Waals surface area contributed by atoms with E-state index in [0.717, 1.165) is 34.6 Å². The van der Waals surface area contributed by atoms with Gasteiger partial charge in [-0.2, -0.15) is 0 Å². The van der Waals surface area contributed by atoms with Crippen LogP contribution in [0.2, 0.25) is 5.02 Å². The first kappa shape index (κ1) is 22.6. The monoisotopic (exact) mass is 473 g/mol. The third-order valence-electron chi connectivity index (χ3n) is 6.62. The summed E-state index contributed by atoms with van der Waals surface area (Å²) in [4.78, 5) is 24.6. The number of hydrogen-bond donors (Lipinski definition) is 1. The lowest BCUT2D eigenvalue weighted by atomic mass is 10.0. The Morgan fingerprint density at radius 1 is 1.09 bits per heavy atom. The van der Waals surface area contributed by atoms with Crippen molar-refractivity contribution in [3.05, 3.63) is 89.0 Å². The molecule has 7 heteroatoms. The Balaban J connectivity index is 1.45. The molecule has 5 rings (SSSR count). The molecule has 1 amide bonds. The SMILES string of the molecule is Cc1cccc2c1c(C(=O)NCC(c1ccc(Cl)cc1)N1CCCCC1)cn2-c1cnccn1. The van der Waals surface area contributed by atoms with E-state index in [1.54, 1.807) is 18.6 Å². The summed E-state index contributed by atoms with van der Waals surface area (Å²) in [5.74, 6) is 0.599. The van der Waals surface area contributed by atoms with Gasteiger partial charge < -0.3 is 5.32 Å². The zero-order valence-corrected chi connectivity index (χ0v) is 20.0. The first-order valence-electron chi connectivity index (χ1n) is 11.8. The first-order valence-corrected chi connectivity index (χ1v) is 12.1. The highest BCUT2D eigenvalue weighted by atomic mass is 35.5. The van der Waals surface area contributed by atoms with Gasteiger partial charge in [0.1, 0.15) is 0 Å². The van der Waals surface area contributed by atoms with Crippen molar-refractivity contribution in [3.63, 3.8) is 0 Å². The molecule has 34 heavy (non-hydrogen) atoms. The first-order chi connectivity index (χ1) is 16.6. The topological polar surface area (TPSA) is 63.1 Å². The van der Waals surface area contributed by atoms with Crippen LogP contribution in [0.25, 0.3) is 16.7 Å². The van der Waals surface area contributed by atoms with E-state index < -0.39 is 0 Å². The predicted octanol–water partition coefficient (Wildman–Crippen LogP) is 5.34. The second kappa shape index (κ2) is 9.95. The summed E-state index contributed by atoms with van der Waals surface area (Å²) >= 11 is 6.14. The molecule has 1 aliphatic rings. The normalized spacial score (nSPS) is 15.4. The van der Waals surface area contributed by atoms with Gasteiger partial charge in [-0.1, -0.05) is 42.3 Å². The van der Waals surface area contributed by atoms with Gasteiger partial charge in [0.15, 0.2) is 5.82 Å². The van der Waals surface area contributed by atoms with Gasteiger partial charge in [-0.15, -0.1) is 0 Å². The number of likely N-dealkylation sites (tertiary alicyclic amines) is 1. The molecule has 0 spiro atoms. The van der Waals surface area contributed by atoms with Gasteiger partial charge in [-0.05, 0) is 62.2 Å². The molecule has 1 unspecified atom stereocenters. The number of fused-ring (bicyclic) bond motifs is 1. The molecule has 1 N–H and O–H groups in total. The van der Waals surface area contributed by atoms with Crippen molar-refractivity contribution >= 4 is 28.4 Å². The summed E-state index contributed by atoms with van der Waals surface area (Å²) in [5, 5.41) is 4.89. The maximum atomic E-state index is 13.5. The highest BCUT2D eigenvalue weighted by Gasteiger charge is 2.24. The fraction of sp³-hybridized carbons (Fsp3) is 0.296. The average Bonchev–Trinajstić information content (AvgIpc) is 3.27. The second-order valence-electron chi connectivity index (χ2n) is 8.82. The maximum Gasteiger partial charge on any atom is 0.253 e. The molecule has 2 aromatic carbocycles. The number of carbonyl (C=O) groups is 1. The van der Waals surface area contributed by atoms with Gasteiger partial charge in [-0.3, -0.25) is 19.2 Å². The van der Waals surface area contributed by atoms with Crippen molar-refractivity contribution in [3.8, 4) is 5.82 Å². The molecule has 0 aliphatic carbocycles. The van der Waals surface area contributed by atoms with Gasteiger partial charge in [-0.25, -0.2) is 4.98 Å². The van der Waals surface area contributed by atoms with Gasteiger partial charge in [0, 0.05) is 35.5 Å². The highest BCUT2D eigenvalue weighted by Crippen LogP contribution is 2.28. The minimum Gasteiger partial charge on any atom is -0.350 e. The molecule has 1 aliphatic heterocycles. The third-order valence-corrected chi connectivity index (χ3v) is 6.87. The molecular weight excluding hydrogens is 446 g/mol. The Labute approximate surface area is 204 Å². The lowest BCUT2D eigenvalue weighted by molar-refractivity contribution is 0.0926. The minimum atomic E-state index is -0.0853. The number of rotatable bonds is 6. The molecule has 1 saturated heterocycles. The quantitative estimate of drug-likeness (QED) is 0.410. The van der Waals surface area contributed by atoms with E-state index in [4.69, 9.17) is 11.6 Å². The van der Waals surface area contributed by atoms with Crippen LogP contribution in [0.3, 0.4) is 0 Å². The van der Waals surface area contributed by atoms with Gasteiger partial charge in [0.25, 0.3) is 5.91 Å². The number of halogens is 1. The fourth-order valence-electron chi connectivity index (χ4n) is 4.90. The van der Waals surface area contributed by atoms with Crippen LogP contribution < -0.4 is 5.32 Å². The predicted molar refractivity (Wildman–Crippen MR) is 136 cm³/mol. The van der Waals surface area contributed by atoms with Crippen LogP contribution >= 0.6 is 11.6 Å². The van der Waals surface area contributed by atoms with Crippen molar-refractivity contribution in [2.75, 3.05) is 19.6 Å². The number of benzene rings is 2. The molecule has 0 radical (unpaired) electrons. The third kappa shape index (κ3) is 4.56. The van der Waals surface area contributed by atoms with Crippen molar-refractivity contribution in [1.82, 2.24) is 24.8 Å². The fourth-order valence-corrected chi connectivity index (χ4v) is 5.03. The van der Waals surface area contributed by atoms with E-state index in [1.807, 2.05) is 48.0 Å². The van der Waals surface area contributed by atoms with Crippen molar-refractivity contribution in [1.29, 1.82) is 0 Å². The van der Waals surface area contributed by atoms with Gasteiger partial charge in [0.05, 0.1) is 23.3 Å². The van der Waals surface area contributed by atoms with E-state index in [-0.39, 0.29) is 11.9 Å². The van der Waals surface area contributed by atoms with Gasteiger partial charge in [0.2, 0.25) is 0 Å². The molecule has 2 aromatic heterocycles. The van der Waals surface area contributed by atoms with Crippen LogP contribution in [0.15, 0.2) is 67.3 Å². The largest absolute Gasteiger partial charge is 0.350 e. The smallest absolute Gasteiger partial charge is 0.253 e. The molecule has 0 bridgehead atoms. The molecule has 3 heterocycles. The van der Waals surface area contributed by atoms with E-state index in [1.165, 1.54) is 24.8 Å². The zero-order valence-electron chi connectivity index (χ0n) is 19.2. The van der Waals surface area contributed by atoms with E-state index in [2.05, 4.69) is 32.3 Å². The number of nitrogens with zero attached hydrogens (tertiary/aromatic N) is 4. The lowest BCUT2D eigenvalue weighted by Gasteiger charge is -2.35. The second-order valence-corrected chi connectivity index (χ2v) is 9.26. The number of aromatic nitrogens is 3. The Kier molecular flexibility index (Phi) is 6.61. The van der Waals surface area contributed by atoms with Crippen molar-refractivity contribution < 1.29 is 4.79 Å². The molecule has 4 aromatic rings. The Bertz CT molecular complexity index is 1280. The summed E-state index contributed by atoms with van der Waals surface area (Å²) < 4.78 is 1.94. The Morgan fingerprint density at radius 2 is 1.88 bits per heavy atom. The number of piperidine rings is 1. The summed E-state index contributed by atoms with van der Waals surface area (Å²) in [5.41, 5.74) is 3.81. The number of carbonyl (C=O) groups excluding carboxylic acids is 1.